The summed E-state index contributed by atoms with van der Waals surface area (Å²) in [6, 6.07) is 5.88. The lowest BCUT2D eigenvalue weighted by Crippen LogP contribution is -2.01. The number of aromatic nitrogens is 2. The molecule has 0 atom stereocenters. The smallest absolute Gasteiger partial charge is 0.239 e. The lowest BCUT2D eigenvalue weighted by molar-refractivity contribution is 0.457. The number of anilines is 1. The molecule has 0 aliphatic heterocycles. The van der Waals surface area contributed by atoms with Crippen molar-refractivity contribution >= 4 is 21.7 Å². The highest BCUT2D eigenvalue weighted by atomic mass is 79.9. The summed E-state index contributed by atoms with van der Waals surface area (Å²) in [5.41, 5.74) is 1.05. The van der Waals surface area contributed by atoms with Gasteiger partial charge in [-0.3, -0.25) is 4.98 Å². The molecule has 0 aliphatic rings. The predicted octanol–water partition coefficient (Wildman–Crippen LogP) is 3.77. The summed E-state index contributed by atoms with van der Waals surface area (Å²) in [4.78, 5) is 8.41. The van der Waals surface area contributed by atoms with E-state index in [1.165, 1.54) is 0 Å². The summed E-state index contributed by atoms with van der Waals surface area (Å²) in [5.74, 6) is 1.96. The van der Waals surface area contributed by atoms with Gasteiger partial charge in [-0.2, -0.15) is 4.98 Å². The molecule has 0 amide bonds. The van der Waals surface area contributed by atoms with Gasteiger partial charge in [0.05, 0.1) is 12.4 Å². The minimum atomic E-state index is 0.481. The number of nitrogens with one attached hydrogen (secondary N) is 1. The van der Waals surface area contributed by atoms with E-state index in [9.17, 15) is 0 Å². The summed E-state index contributed by atoms with van der Waals surface area (Å²) in [5, 5.41) is 3.10. The first-order valence-electron chi connectivity index (χ1n) is 5.69. The van der Waals surface area contributed by atoms with E-state index < -0.39 is 0 Å². The van der Waals surface area contributed by atoms with Crippen molar-refractivity contribution in [2.75, 3.05) is 11.9 Å². The first-order chi connectivity index (χ1) is 8.69. The molecule has 2 aromatic rings. The van der Waals surface area contributed by atoms with E-state index in [1.807, 2.05) is 32.0 Å². The third-order valence-electron chi connectivity index (χ3n) is 2.34. The number of aryl methyl sites for hydroxylation is 1. The molecule has 1 N–H and O–H groups in total. The first-order valence-corrected chi connectivity index (χ1v) is 6.48. The Balaban J connectivity index is 2.22. The molecular weight excluding hydrogens is 294 g/mol. The molecule has 0 spiro atoms. The molecule has 2 rings (SSSR count). The van der Waals surface area contributed by atoms with Gasteiger partial charge >= 0.3 is 0 Å². The molecule has 0 fully saturated rings. The van der Waals surface area contributed by atoms with Gasteiger partial charge in [-0.1, -0.05) is 22.0 Å². The van der Waals surface area contributed by atoms with Crippen LogP contribution in [0.5, 0.6) is 11.6 Å². The monoisotopic (exact) mass is 307 g/mol. The van der Waals surface area contributed by atoms with Crippen LogP contribution in [0.4, 0.5) is 5.82 Å². The van der Waals surface area contributed by atoms with E-state index >= 15 is 0 Å². The molecule has 0 radical (unpaired) electrons. The van der Waals surface area contributed by atoms with Crippen LogP contribution in [0, 0.1) is 6.92 Å². The maximum atomic E-state index is 5.73. The number of rotatable bonds is 4. The number of hydrogen-bond acceptors (Lipinski definition) is 4. The van der Waals surface area contributed by atoms with Crippen molar-refractivity contribution in [3.05, 3.63) is 40.6 Å². The molecular formula is C13H14BrN3O. The molecule has 4 nitrogen and oxygen atoms in total. The van der Waals surface area contributed by atoms with Crippen LogP contribution in [0.15, 0.2) is 35.1 Å². The fourth-order valence-electron chi connectivity index (χ4n) is 1.46. The van der Waals surface area contributed by atoms with Gasteiger partial charge in [-0.05, 0) is 31.5 Å². The summed E-state index contributed by atoms with van der Waals surface area (Å²) >= 11 is 3.42. The van der Waals surface area contributed by atoms with Gasteiger partial charge in [0.1, 0.15) is 11.6 Å². The summed E-state index contributed by atoms with van der Waals surface area (Å²) < 4.78 is 6.70. The Kier molecular flexibility index (Phi) is 4.15. The standard InChI is InChI=1S/C13H14BrN3O/c1-3-16-12-7-15-8-13(17-12)18-11-6-10(14)5-4-9(11)2/h4-8H,3H2,1-2H3,(H,16,17). The van der Waals surface area contributed by atoms with Crippen LogP contribution >= 0.6 is 15.9 Å². The molecule has 0 aliphatic carbocycles. The van der Waals surface area contributed by atoms with Crippen LogP contribution in [0.25, 0.3) is 0 Å². The quantitative estimate of drug-likeness (QED) is 0.934. The van der Waals surface area contributed by atoms with Gasteiger partial charge in [0, 0.05) is 11.0 Å². The molecule has 1 aromatic carbocycles. The van der Waals surface area contributed by atoms with Crippen molar-refractivity contribution in [1.82, 2.24) is 9.97 Å². The van der Waals surface area contributed by atoms with Crippen LogP contribution < -0.4 is 10.1 Å². The maximum Gasteiger partial charge on any atom is 0.239 e. The van der Waals surface area contributed by atoms with E-state index in [1.54, 1.807) is 12.4 Å². The van der Waals surface area contributed by atoms with Crippen LogP contribution in [0.2, 0.25) is 0 Å². The first kappa shape index (κ1) is 12.8. The normalized spacial score (nSPS) is 10.2. The number of benzene rings is 1. The second-order valence-corrected chi connectivity index (χ2v) is 4.70. The average Bonchev–Trinajstić information content (AvgIpc) is 2.35. The Bertz CT molecular complexity index is 546. The van der Waals surface area contributed by atoms with E-state index in [0.717, 1.165) is 22.3 Å². The minimum absolute atomic E-state index is 0.481. The van der Waals surface area contributed by atoms with Gasteiger partial charge in [-0.25, -0.2) is 0 Å². The molecule has 1 heterocycles. The molecule has 0 saturated carbocycles. The van der Waals surface area contributed by atoms with Crippen molar-refractivity contribution < 1.29 is 4.74 Å². The van der Waals surface area contributed by atoms with Crippen molar-refractivity contribution in [3.8, 4) is 11.6 Å². The van der Waals surface area contributed by atoms with E-state index in [2.05, 4.69) is 31.2 Å². The molecule has 5 heteroatoms. The minimum Gasteiger partial charge on any atom is -0.437 e. The number of ether oxygens (including phenoxy) is 1. The van der Waals surface area contributed by atoms with Crippen LogP contribution in [-0.4, -0.2) is 16.5 Å². The second-order valence-electron chi connectivity index (χ2n) is 3.78. The molecule has 94 valence electrons. The molecule has 0 unspecified atom stereocenters. The summed E-state index contributed by atoms with van der Waals surface area (Å²) in [6.07, 6.45) is 3.27. The van der Waals surface area contributed by atoms with Gasteiger partial charge in [0.15, 0.2) is 0 Å². The third-order valence-corrected chi connectivity index (χ3v) is 2.83. The average molecular weight is 308 g/mol. The van der Waals surface area contributed by atoms with Gasteiger partial charge in [-0.15, -0.1) is 0 Å². The van der Waals surface area contributed by atoms with E-state index in [-0.39, 0.29) is 0 Å². The largest absolute Gasteiger partial charge is 0.437 e. The van der Waals surface area contributed by atoms with Crippen LogP contribution in [0.1, 0.15) is 12.5 Å². The number of hydrogen-bond donors (Lipinski definition) is 1. The van der Waals surface area contributed by atoms with Crippen molar-refractivity contribution in [2.45, 2.75) is 13.8 Å². The van der Waals surface area contributed by atoms with Gasteiger partial charge in [0.2, 0.25) is 5.88 Å². The molecule has 1 aromatic heterocycles. The fraction of sp³-hybridized carbons (Fsp3) is 0.231. The molecule has 0 saturated heterocycles. The van der Waals surface area contributed by atoms with Gasteiger partial charge in [0.25, 0.3) is 0 Å². The highest BCUT2D eigenvalue weighted by molar-refractivity contribution is 9.10. The number of nitrogens with zero attached hydrogens (tertiary/aromatic N) is 2. The zero-order valence-electron chi connectivity index (χ0n) is 10.3. The third kappa shape index (κ3) is 3.20. The lowest BCUT2D eigenvalue weighted by Gasteiger charge is -2.09. The van der Waals surface area contributed by atoms with E-state index in [4.69, 9.17) is 4.74 Å². The highest BCUT2D eigenvalue weighted by Gasteiger charge is 2.04. The van der Waals surface area contributed by atoms with Gasteiger partial charge < -0.3 is 10.1 Å². The van der Waals surface area contributed by atoms with Crippen molar-refractivity contribution in [1.29, 1.82) is 0 Å². The highest BCUT2D eigenvalue weighted by Crippen LogP contribution is 2.27. The van der Waals surface area contributed by atoms with Crippen LogP contribution in [-0.2, 0) is 0 Å². The van der Waals surface area contributed by atoms with Crippen molar-refractivity contribution in [3.63, 3.8) is 0 Å². The lowest BCUT2D eigenvalue weighted by atomic mass is 10.2. The van der Waals surface area contributed by atoms with Crippen LogP contribution in [0.3, 0.4) is 0 Å². The van der Waals surface area contributed by atoms with Crippen molar-refractivity contribution in [2.24, 2.45) is 0 Å². The predicted molar refractivity (Wildman–Crippen MR) is 75.1 cm³/mol. The number of halogens is 1. The Labute approximate surface area is 115 Å². The topological polar surface area (TPSA) is 47.0 Å². The fourth-order valence-corrected chi connectivity index (χ4v) is 1.80. The Morgan fingerprint density at radius 3 is 2.94 bits per heavy atom. The summed E-state index contributed by atoms with van der Waals surface area (Å²) in [7, 11) is 0. The zero-order valence-corrected chi connectivity index (χ0v) is 11.9. The Hall–Kier alpha value is -1.62. The summed E-state index contributed by atoms with van der Waals surface area (Å²) in [6.45, 7) is 4.80. The maximum absolute atomic E-state index is 5.73. The zero-order chi connectivity index (χ0) is 13.0. The SMILES string of the molecule is CCNc1cncc(Oc2cc(Br)ccc2C)n1. The molecule has 0 bridgehead atoms. The second kappa shape index (κ2) is 5.82. The molecule has 18 heavy (non-hydrogen) atoms. The van der Waals surface area contributed by atoms with E-state index in [0.29, 0.717) is 11.7 Å². The Morgan fingerprint density at radius 1 is 1.33 bits per heavy atom. The Morgan fingerprint density at radius 2 is 2.17 bits per heavy atom.